The highest BCUT2D eigenvalue weighted by atomic mass is 16.5. The van der Waals surface area contributed by atoms with Crippen LogP contribution in [0.5, 0.6) is 5.75 Å². The van der Waals surface area contributed by atoms with Gasteiger partial charge in [0, 0.05) is 84.0 Å². The number of carbonyl (C=O) groups is 2. The Morgan fingerprint density at radius 3 is 2.51 bits per heavy atom. The highest BCUT2D eigenvalue weighted by Crippen LogP contribution is 2.67. The highest BCUT2D eigenvalue weighted by molar-refractivity contribution is 5.95. The van der Waals surface area contributed by atoms with Gasteiger partial charge in [-0.1, -0.05) is 44.2 Å². The summed E-state index contributed by atoms with van der Waals surface area (Å²) in [5.74, 6) is -0.433. The van der Waals surface area contributed by atoms with E-state index < -0.39 is 51.3 Å². The van der Waals surface area contributed by atoms with E-state index in [1.165, 1.54) is 14.0 Å². The summed E-state index contributed by atoms with van der Waals surface area (Å²) in [6.45, 7) is 8.95. The molecule has 55 heavy (non-hydrogen) atoms. The molecule has 0 radical (unpaired) electrons. The zero-order valence-corrected chi connectivity index (χ0v) is 33.0. The van der Waals surface area contributed by atoms with Gasteiger partial charge in [0.05, 0.1) is 25.9 Å². The van der Waals surface area contributed by atoms with Crippen molar-refractivity contribution in [2.75, 3.05) is 58.9 Å². The number of aromatic amines is 1. The Bertz CT molecular complexity index is 2120. The maximum Gasteiger partial charge on any atom is 0.322 e. The number of para-hydroxylation sites is 1. The number of anilines is 1. The fourth-order valence-electron chi connectivity index (χ4n) is 13.2. The number of carbonyl (C=O) groups excluding carboxylic acids is 2. The fourth-order valence-corrected chi connectivity index (χ4v) is 13.2. The van der Waals surface area contributed by atoms with Crippen molar-refractivity contribution < 1.29 is 34.4 Å². The zero-order valence-electron chi connectivity index (χ0n) is 33.0. The number of nitrogens with zero attached hydrogens (tertiary/aromatic N) is 3. The first-order chi connectivity index (χ1) is 26.3. The van der Waals surface area contributed by atoms with E-state index in [2.05, 4.69) is 45.1 Å². The van der Waals surface area contributed by atoms with Crippen LogP contribution in [0.1, 0.15) is 75.3 Å². The molecule has 1 spiro atoms. The second-order valence-electron chi connectivity index (χ2n) is 17.7. The molecular weight excluding hydrogens is 697 g/mol. The van der Waals surface area contributed by atoms with Crippen LogP contribution in [0.3, 0.4) is 0 Å². The van der Waals surface area contributed by atoms with Crippen LogP contribution in [-0.4, -0.2) is 125 Å². The van der Waals surface area contributed by atoms with E-state index >= 15 is 4.79 Å². The minimum Gasteiger partial charge on any atom is -0.496 e. The average molecular weight is 753 g/mol. The Balaban J connectivity index is 1.36. The molecule has 11 nitrogen and oxygen atoms in total. The van der Waals surface area contributed by atoms with Crippen LogP contribution in [0.15, 0.2) is 48.6 Å². The number of hydrogen-bond acceptors (Lipinski definition) is 10. The van der Waals surface area contributed by atoms with E-state index in [4.69, 9.17) is 9.47 Å². The van der Waals surface area contributed by atoms with Crippen molar-refractivity contribution in [2.45, 2.75) is 99.5 Å². The van der Waals surface area contributed by atoms with Crippen molar-refractivity contribution in [1.29, 1.82) is 0 Å². The maximum atomic E-state index is 15.2. The molecule has 10 atom stereocenters. The molecule has 9 rings (SSSR count). The lowest BCUT2D eigenvalue weighted by atomic mass is 9.47. The minimum absolute atomic E-state index is 0.0625. The first kappa shape index (κ1) is 36.9. The van der Waals surface area contributed by atoms with Gasteiger partial charge in [-0.2, -0.15) is 0 Å². The van der Waals surface area contributed by atoms with Crippen molar-refractivity contribution in [3.8, 4) is 5.75 Å². The number of H-pyrrole nitrogens is 1. The van der Waals surface area contributed by atoms with Crippen LogP contribution in [-0.2, 0) is 31.6 Å². The fraction of sp³-hybridized carbons (Fsp3) is 0.591. The first-order valence-corrected chi connectivity index (χ1v) is 20.2. The summed E-state index contributed by atoms with van der Waals surface area (Å²) in [4.78, 5) is 39.7. The van der Waals surface area contributed by atoms with E-state index in [1.807, 2.05) is 44.0 Å². The van der Waals surface area contributed by atoms with Gasteiger partial charge in [-0.05, 0) is 81.2 Å². The third-order valence-corrected chi connectivity index (χ3v) is 15.4. The Hall–Kier alpha value is -3.74. The van der Waals surface area contributed by atoms with E-state index in [1.54, 1.807) is 7.11 Å². The molecule has 294 valence electrons. The molecule has 1 aromatic heterocycles. The Labute approximate surface area is 323 Å². The van der Waals surface area contributed by atoms with Crippen LogP contribution >= 0.6 is 0 Å². The molecule has 4 N–H and O–H groups in total. The lowest BCUT2D eigenvalue weighted by Gasteiger charge is -2.63. The molecule has 2 saturated heterocycles. The van der Waals surface area contributed by atoms with Gasteiger partial charge in [-0.25, -0.2) is 0 Å². The van der Waals surface area contributed by atoms with Gasteiger partial charge in [-0.3, -0.25) is 19.4 Å². The average Bonchev–Trinajstić information content (AvgIpc) is 3.84. The van der Waals surface area contributed by atoms with E-state index in [0.717, 1.165) is 53.0 Å². The number of benzene rings is 2. The first-order valence-electron chi connectivity index (χ1n) is 20.2. The van der Waals surface area contributed by atoms with Gasteiger partial charge in [0.1, 0.15) is 17.3 Å². The predicted octanol–water partition coefficient (Wildman–Crippen LogP) is 3.84. The van der Waals surface area contributed by atoms with Crippen molar-refractivity contribution in [2.24, 2.45) is 11.3 Å². The number of methoxy groups -OCH3 is 2. The van der Waals surface area contributed by atoms with Crippen molar-refractivity contribution in [3.63, 3.8) is 0 Å². The van der Waals surface area contributed by atoms with Crippen molar-refractivity contribution in [3.05, 3.63) is 70.9 Å². The number of esters is 1. The molecule has 2 bridgehead atoms. The molecule has 3 unspecified atom stereocenters. The molecule has 0 amide bonds. The number of fused-ring (bicyclic) bond motifs is 6. The number of aromatic nitrogens is 1. The zero-order chi connectivity index (χ0) is 38.9. The number of aliphatic hydroxyl groups is 3. The van der Waals surface area contributed by atoms with Crippen LogP contribution < -0.4 is 9.64 Å². The Kier molecular flexibility index (Phi) is 8.30. The van der Waals surface area contributed by atoms with Gasteiger partial charge in [0.15, 0.2) is 11.4 Å². The van der Waals surface area contributed by atoms with Gasteiger partial charge in [-0.15, -0.1) is 0 Å². The molecule has 3 aromatic rings. The summed E-state index contributed by atoms with van der Waals surface area (Å²) in [6, 6.07) is 11.3. The molecule has 2 aromatic carbocycles. The smallest absolute Gasteiger partial charge is 0.322 e. The summed E-state index contributed by atoms with van der Waals surface area (Å²) >= 11 is 0. The topological polar surface area (TPSA) is 139 Å². The summed E-state index contributed by atoms with van der Waals surface area (Å²) in [6.07, 6.45) is 6.17. The van der Waals surface area contributed by atoms with Crippen molar-refractivity contribution in [1.82, 2.24) is 14.8 Å². The summed E-state index contributed by atoms with van der Waals surface area (Å²) in [5.41, 5.74) is -0.843. The standard InChI is InChI=1S/C44H56N4O7/c1-7-40(52)22-27-23-43(39(51)55-6,35-29(14-18-47(24-27)25-40)28-12-9-10-13-32(28)45-35)31-20-30-33(21-34(31)54-5)46(4)37-42(30)16-19-48-17-11-15-41(8-2,36(42)48)38(50)44(37,53)26(3)49/h9-13,15,20-21,27,36-38,45,50,52-53H,7-8,14,16-19,22-25H2,1-6H3/t27?,36-,37+,38+,40?,41+,42+,43-,44-/m1/s1. The summed E-state index contributed by atoms with van der Waals surface area (Å²) in [5, 5.41) is 38.2. The monoisotopic (exact) mass is 752 g/mol. The van der Waals surface area contributed by atoms with Gasteiger partial charge >= 0.3 is 5.97 Å². The molecule has 1 aliphatic carbocycles. The quantitative estimate of drug-likeness (QED) is 0.217. The predicted molar refractivity (Wildman–Crippen MR) is 210 cm³/mol. The Morgan fingerprint density at radius 1 is 1.02 bits per heavy atom. The molecule has 3 fully saturated rings. The minimum atomic E-state index is -2.08. The van der Waals surface area contributed by atoms with Crippen LogP contribution in [0.25, 0.3) is 10.9 Å². The third kappa shape index (κ3) is 4.56. The molecule has 1 saturated carbocycles. The van der Waals surface area contributed by atoms with Crippen molar-refractivity contribution >= 4 is 28.3 Å². The van der Waals surface area contributed by atoms with E-state index in [0.29, 0.717) is 62.9 Å². The number of rotatable bonds is 6. The van der Waals surface area contributed by atoms with Gasteiger partial charge in [0.2, 0.25) is 0 Å². The summed E-state index contributed by atoms with van der Waals surface area (Å²) in [7, 11) is 4.98. The second-order valence-corrected chi connectivity index (χ2v) is 17.7. The second kappa shape index (κ2) is 12.4. The lowest BCUT2D eigenvalue weighted by Crippen LogP contribution is -2.80. The highest BCUT2D eigenvalue weighted by Gasteiger charge is 2.78. The number of hydrogen-bond donors (Lipinski definition) is 4. The Morgan fingerprint density at radius 2 is 1.80 bits per heavy atom. The number of likely N-dealkylation sites (N-methyl/N-ethyl adjacent to an activating group) is 1. The number of ketones is 1. The maximum absolute atomic E-state index is 15.2. The van der Waals surface area contributed by atoms with Gasteiger partial charge in [0.25, 0.3) is 0 Å². The van der Waals surface area contributed by atoms with E-state index in [9.17, 15) is 20.1 Å². The number of ether oxygens (including phenoxy) is 2. The van der Waals surface area contributed by atoms with Gasteiger partial charge < -0.3 is 34.7 Å². The third-order valence-electron chi connectivity index (χ3n) is 15.4. The van der Waals surface area contributed by atoms with Crippen LogP contribution in [0, 0.1) is 11.3 Å². The molecule has 6 heterocycles. The summed E-state index contributed by atoms with van der Waals surface area (Å²) < 4.78 is 12.3. The number of aliphatic hydroxyl groups excluding tert-OH is 1. The molecule has 6 aliphatic rings. The van der Waals surface area contributed by atoms with Crippen LogP contribution in [0.4, 0.5) is 5.69 Å². The van der Waals surface area contributed by atoms with E-state index in [-0.39, 0.29) is 12.0 Å². The molecular formula is C44H56N4O7. The number of nitrogens with one attached hydrogen (secondary N) is 1. The largest absolute Gasteiger partial charge is 0.496 e. The number of piperidine rings is 1. The number of Topliss-reactive ketones (excluding diaryl/α,β-unsaturated/α-hetero) is 1. The molecule has 5 aliphatic heterocycles. The van der Waals surface area contributed by atoms with Crippen LogP contribution in [0.2, 0.25) is 0 Å². The lowest BCUT2D eigenvalue weighted by molar-refractivity contribution is -0.200. The SMILES string of the molecule is CCC1(O)CC2CN(CCc3c([nH]c4ccccc34)[C@](C(=O)OC)(c3cc4c(cc3OC)N(C)[C@@H]3[C@](O)(C(C)=O)[C@@H](O)[C@@]5(CC)C=CCN6CC[C@@]43[C@H]65)C2)C1. The molecule has 11 heteroatoms. The normalized spacial score (nSPS) is 39.0.